The number of nitrogens with two attached hydrogens (primary N) is 1. The maximum Gasteiger partial charge on any atom is 0.0819 e. The summed E-state index contributed by atoms with van der Waals surface area (Å²) in [5.74, 6) is 2.98. The lowest BCUT2D eigenvalue weighted by molar-refractivity contribution is 0.0359. The van der Waals surface area contributed by atoms with E-state index in [-0.39, 0.29) is 0 Å². The Balaban J connectivity index is 1.82. The molecule has 3 heteroatoms. The van der Waals surface area contributed by atoms with Gasteiger partial charge in [-0.2, -0.15) is 11.8 Å². The number of thioether (sulfide) groups is 1. The summed E-state index contributed by atoms with van der Waals surface area (Å²) in [4.78, 5) is 0. The second-order valence-corrected chi connectivity index (χ2v) is 5.61. The molecule has 0 bridgehead atoms. The molecular weight excluding hydrogens is 194 g/mol. The van der Waals surface area contributed by atoms with Crippen LogP contribution >= 0.6 is 11.8 Å². The maximum atomic E-state index is 6.28. The normalized spacial score (nSPS) is 32.8. The highest BCUT2D eigenvalue weighted by Gasteiger charge is 2.29. The molecule has 2 atom stereocenters. The molecule has 1 heterocycles. The molecule has 1 aliphatic heterocycles. The van der Waals surface area contributed by atoms with Gasteiger partial charge in [0.2, 0.25) is 0 Å². The monoisotopic (exact) mass is 215 g/mol. The second kappa shape index (κ2) is 5.38. The maximum absolute atomic E-state index is 6.28. The van der Waals surface area contributed by atoms with E-state index in [2.05, 4.69) is 0 Å². The lowest BCUT2D eigenvalue weighted by Gasteiger charge is -2.34. The fourth-order valence-electron chi connectivity index (χ4n) is 2.55. The van der Waals surface area contributed by atoms with Crippen LogP contribution in [0.4, 0.5) is 0 Å². The summed E-state index contributed by atoms with van der Waals surface area (Å²) < 4.78 is 5.75. The van der Waals surface area contributed by atoms with Crippen molar-refractivity contribution in [1.82, 2.24) is 0 Å². The van der Waals surface area contributed by atoms with Crippen LogP contribution in [-0.2, 0) is 4.74 Å². The molecule has 2 unspecified atom stereocenters. The first-order valence-corrected chi connectivity index (χ1v) is 6.98. The van der Waals surface area contributed by atoms with Gasteiger partial charge in [-0.05, 0) is 18.8 Å². The summed E-state index contributed by atoms with van der Waals surface area (Å²) in [5, 5.41) is 0. The van der Waals surface area contributed by atoms with Gasteiger partial charge in [-0.15, -0.1) is 0 Å². The molecule has 1 aliphatic carbocycles. The molecule has 0 aromatic carbocycles. The van der Waals surface area contributed by atoms with Gasteiger partial charge in [0.15, 0.2) is 0 Å². The van der Waals surface area contributed by atoms with Crippen LogP contribution in [0.25, 0.3) is 0 Å². The van der Waals surface area contributed by atoms with Crippen molar-refractivity contribution in [1.29, 1.82) is 0 Å². The first-order valence-electron chi connectivity index (χ1n) is 5.83. The molecule has 0 spiro atoms. The number of hydrogen-bond donors (Lipinski definition) is 1. The van der Waals surface area contributed by atoms with E-state index in [0.717, 1.165) is 24.0 Å². The molecule has 2 nitrogen and oxygen atoms in total. The predicted molar refractivity (Wildman–Crippen MR) is 61.6 cm³/mol. The molecule has 0 aromatic heterocycles. The van der Waals surface area contributed by atoms with Crippen molar-refractivity contribution < 1.29 is 4.74 Å². The summed E-state index contributed by atoms with van der Waals surface area (Å²) >= 11 is 1.99. The topological polar surface area (TPSA) is 35.2 Å². The van der Waals surface area contributed by atoms with Gasteiger partial charge in [0.05, 0.1) is 12.7 Å². The molecule has 2 aliphatic rings. The third-order valence-electron chi connectivity index (χ3n) is 3.47. The fourth-order valence-corrected chi connectivity index (χ4v) is 3.48. The molecule has 1 saturated heterocycles. The van der Waals surface area contributed by atoms with Crippen molar-refractivity contribution in [3.8, 4) is 0 Å². The molecule has 2 fully saturated rings. The van der Waals surface area contributed by atoms with E-state index in [1.54, 1.807) is 0 Å². The van der Waals surface area contributed by atoms with Crippen LogP contribution in [0.2, 0.25) is 0 Å². The summed E-state index contributed by atoms with van der Waals surface area (Å²) in [6.07, 6.45) is 7.13. The molecule has 2 N–H and O–H groups in total. The minimum absolute atomic E-state index is 0.295. The van der Waals surface area contributed by atoms with E-state index in [1.807, 2.05) is 11.8 Å². The van der Waals surface area contributed by atoms with Crippen LogP contribution in [0.3, 0.4) is 0 Å². The average Bonchev–Trinajstić information content (AvgIpc) is 2.30. The molecular formula is C11H21NOS. The van der Waals surface area contributed by atoms with E-state index in [1.165, 1.54) is 32.1 Å². The zero-order chi connectivity index (χ0) is 9.80. The van der Waals surface area contributed by atoms with Crippen LogP contribution in [-0.4, -0.2) is 30.3 Å². The Morgan fingerprint density at radius 1 is 1.21 bits per heavy atom. The first kappa shape index (κ1) is 10.8. The standard InChI is InChI=1S/C11H21NOS/c12-11(9-4-2-1-3-5-9)10-8-14-7-6-13-10/h9-11H,1-8,12H2. The number of rotatable bonds is 2. The van der Waals surface area contributed by atoms with E-state index >= 15 is 0 Å². The summed E-state index contributed by atoms with van der Waals surface area (Å²) in [5.41, 5.74) is 6.28. The van der Waals surface area contributed by atoms with Gasteiger partial charge in [0.25, 0.3) is 0 Å². The van der Waals surface area contributed by atoms with E-state index in [4.69, 9.17) is 10.5 Å². The fraction of sp³-hybridized carbons (Fsp3) is 1.00. The quantitative estimate of drug-likeness (QED) is 0.765. The van der Waals surface area contributed by atoms with Gasteiger partial charge in [-0.1, -0.05) is 19.3 Å². The zero-order valence-corrected chi connectivity index (χ0v) is 9.60. The molecule has 82 valence electrons. The van der Waals surface area contributed by atoms with Crippen molar-refractivity contribution in [2.45, 2.75) is 44.2 Å². The van der Waals surface area contributed by atoms with Crippen LogP contribution in [0.5, 0.6) is 0 Å². The largest absolute Gasteiger partial charge is 0.375 e. The lowest BCUT2D eigenvalue weighted by Crippen LogP contribution is -2.46. The highest BCUT2D eigenvalue weighted by molar-refractivity contribution is 7.99. The van der Waals surface area contributed by atoms with Crippen LogP contribution in [0.15, 0.2) is 0 Å². The van der Waals surface area contributed by atoms with Gasteiger partial charge in [-0.25, -0.2) is 0 Å². The predicted octanol–water partition coefficient (Wildman–Crippen LogP) is 2.03. The van der Waals surface area contributed by atoms with Crippen molar-refractivity contribution in [2.24, 2.45) is 11.7 Å². The summed E-state index contributed by atoms with van der Waals surface area (Å²) in [6.45, 7) is 0.899. The highest BCUT2D eigenvalue weighted by Crippen LogP contribution is 2.29. The van der Waals surface area contributed by atoms with Crippen LogP contribution < -0.4 is 5.73 Å². The van der Waals surface area contributed by atoms with Gasteiger partial charge in [-0.3, -0.25) is 0 Å². The van der Waals surface area contributed by atoms with Crippen LogP contribution in [0, 0.1) is 5.92 Å². The zero-order valence-electron chi connectivity index (χ0n) is 8.78. The molecule has 14 heavy (non-hydrogen) atoms. The third kappa shape index (κ3) is 2.65. The van der Waals surface area contributed by atoms with Gasteiger partial charge in [0.1, 0.15) is 0 Å². The average molecular weight is 215 g/mol. The lowest BCUT2D eigenvalue weighted by atomic mass is 9.82. The molecule has 0 radical (unpaired) electrons. The number of hydrogen-bond acceptors (Lipinski definition) is 3. The minimum Gasteiger partial charge on any atom is -0.375 e. The van der Waals surface area contributed by atoms with E-state index in [0.29, 0.717) is 12.1 Å². The Hall–Kier alpha value is 0.270. The minimum atomic E-state index is 0.295. The van der Waals surface area contributed by atoms with Crippen molar-refractivity contribution in [3.63, 3.8) is 0 Å². The summed E-state index contributed by atoms with van der Waals surface area (Å²) in [7, 11) is 0. The smallest absolute Gasteiger partial charge is 0.0819 e. The molecule has 0 amide bonds. The first-order chi connectivity index (χ1) is 6.88. The Morgan fingerprint density at radius 2 is 2.00 bits per heavy atom. The Morgan fingerprint density at radius 3 is 2.64 bits per heavy atom. The summed E-state index contributed by atoms with van der Waals surface area (Å²) in [6, 6.07) is 0.295. The van der Waals surface area contributed by atoms with Gasteiger partial charge < -0.3 is 10.5 Å². The highest BCUT2D eigenvalue weighted by atomic mass is 32.2. The Labute approximate surface area is 91.0 Å². The third-order valence-corrected chi connectivity index (χ3v) is 4.48. The van der Waals surface area contributed by atoms with E-state index < -0.39 is 0 Å². The Bertz CT molecular complexity index is 147. The molecule has 1 saturated carbocycles. The van der Waals surface area contributed by atoms with Crippen LogP contribution in [0.1, 0.15) is 32.1 Å². The van der Waals surface area contributed by atoms with E-state index in [9.17, 15) is 0 Å². The van der Waals surface area contributed by atoms with Gasteiger partial charge in [0, 0.05) is 17.5 Å². The van der Waals surface area contributed by atoms with Gasteiger partial charge >= 0.3 is 0 Å². The molecule has 2 rings (SSSR count). The van der Waals surface area contributed by atoms with Crippen molar-refractivity contribution in [3.05, 3.63) is 0 Å². The Kier molecular flexibility index (Phi) is 4.14. The van der Waals surface area contributed by atoms with Crippen molar-refractivity contribution >= 4 is 11.8 Å². The molecule has 0 aromatic rings. The second-order valence-electron chi connectivity index (χ2n) is 4.46. The van der Waals surface area contributed by atoms with Crippen molar-refractivity contribution in [2.75, 3.05) is 18.1 Å². The number of ether oxygens (including phenoxy) is 1. The SMILES string of the molecule is NC(C1CCCCC1)C1CSCCO1.